The van der Waals surface area contributed by atoms with Crippen LogP contribution in [0.5, 0.6) is 11.5 Å². The van der Waals surface area contributed by atoms with E-state index in [4.69, 9.17) is 14.1 Å². The number of fused-ring (bicyclic) bond motifs is 2. The van der Waals surface area contributed by atoms with Crippen molar-refractivity contribution in [2.24, 2.45) is 0 Å². The van der Waals surface area contributed by atoms with E-state index in [1.165, 1.54) is 6.33 Å². The molecule has 0 saturated heterocycles. The second kappa shape index (κ2) is 6.82. The van der Waals surface area contributed by atoms with Crippen LogP contribution in [0.4, 0.5) is 5.82 Å². The highest BCUT2D eigenvalue weighted by Crippen LogP contribution is 2.33. The smallest absolute Gasteiger partial charge is 0.491 e. The minimum absolute atomic E-state index is 0.447. The molecule has 2 aromatic carbocycles. The monoisotopic (exact) mass is 351 g/mol. The van der Waals surface area contributed by atoms with E-state index in [1.54, 1.807) is 14.2 Å². The zero-order chi connectivity index (χ0) is 18.1. The second-order valence-electron chi connectivity index (χ2n) is 6.00. The Morgan fingerprint density at radius 1 is 1.15 bits per heavy atom. The Morgan fingerprint density at radius 3 is 2.77 bits per heavy atom. The van der Waals surface area contributed by atoms with Gasteiger partial charge in [0.05, 0.1) is 26.3 Å². The number of methoxy groups -OCH3 is 2. The van der Waals surface area contributed by atoms with Crippen LogP contribution < -0.4 is 20.3 Å². The first-order valence-corrected chi connectivity index (χ1v) is 8.21. The lowest BCUT2D eigenvalue weighted by Crippen LogP contribution is -2.28. The second-order valence-corrected chi connectivity index (χ2v) is 6.00. The third kappa shape index (κ3) is 2.93. The number of nitrogens with zero attached hydrogens (tertiary/aromatic N) is 2. The van der Waals surface area contributed by atoms with Crippen molar-refractivity contribution in [3.05, 3.63) is 47.8 Å². The summed E-state index contributed by atoms with van der Waals surface area (Å²) in [6.07, 6.45) is 1.51. The molecule has 0 unspecified atom stereocenters. The molecule has 132 valence electrons. The van der Waals surface area contributed by atoms with E-state index in [0.29, 0.717) is 30.5 Å². The van der Waals surface area contributed by atoms with Gasteiger partial charge in [0.15, 0.2) is 11.5 Å². The number of nitrogens with one attached hydrogen (secondary N) is 1. The van der Waals surface area contributed by atoms with Gasteiger partial charge in [-0.1, -0.05) is 18.2 Å². The fraction of sp³-hybridized carbons (Fsp3) is 0.222. The van der Waals surface area contributed by atoms with Gasteiger partial charge in [0.1, 0.15) is 12.1 Å². The largest absolute Gasteiger partial charge is 0.493 e. The number of hydrogen-bond acceptors (Lipinski definition) is 7. The third-order valence-electron chi connectivity index (χ3n) is 4.47. The molecule has 4 rings (SSSR count). The van der Waals surface area contributed by atoms with Crippen molar-refractivity contribution in [1.29, 1.82) is 0 Å². The average Bonchev–Trinajstić information content (AvgIpc) is 3.05. The van der Waals surface area contributed by atoms with Gasteiger partial charge in [-0.3, -0.25) is 0 Å². The SMILES string of the molecule is COc1cc2ncnc(NCc3ccc4c(c3)B(O)OC4)c2cc1OC. The van der Waals surface area contributed by atoms with Gasteiger partial charge >= 0.3 is 7.12 Å². The summed E-state index contributed by atoms with van der Waals surface area (Å²) in [5.74, 6) is 1.95. The number of aromatic nitrogens is 2. The maximum atomic E-state index is 9.85. The van der Waals surface area contributed by atoms with Gasteiger partial charge in [-0.15, -0.1) is 0 Å². The zero-order valence-electron chi connectivity index (χ0n) is 14.5. The first kappa shape index (κ1) is 16.6. The summed E-state index contributed by atoms with van der Waals surface area (Å²) in [5, 5.41) is 14.0. The lowest BCUT2D eigenvalue weighted by Gasteiger charge is -2.12. The van der Waals surface area contributed by atoms with E-state index < -0.39 is 7.12 Å². The quantitative estimate of drug-likeness (QED) is 0.674. The molecule has 3 aromatic rings. The van der Waals surface area contributed by atoms with Crippen LogP contribution >= 0.6 is 0 Å². The molecule has 0 amide bonds. The number of hydrogen-bond donors (Lipinski definition) is 2. The van der Waals surface area contributed by atoms with E-state index in [0.717, 1.165) is 27.5 Å². The van der Waals surface area contributed by atoms with Gasteiger partial charge in [0.25, 0.3) is 0 Å². The molecule has 0 saturated carbocycles. The lowest BCUT2D eigenvalue weighted by molar-refractivity contribution is 0.275. The molecule has 1 aromatic heterocycles. The van der Waals surface area contributed by atoms with Gasteiger partial charge in [0, 0.05) is 18.0 Å². The molecule has 2 N–H and O–H groups in total. The molecule has 0 spiro atoms. The van der Waals surface area contributed by atoms with E-state index in [-0.39, 0.29) is 0 Å². The van der Waals surface area contributed by atoms with Crippen molar-refractivity contribution in [2.45, 2.75) is 13.2 Å². The number of benzene rings is 2. The van der Waals surface area contributed by atoms with Crippen LogP contribution in [0.2, 0.25) is 0 Å². The van der Waals surface area contributed by atoms with Crippen molar-refractivity contribution in [3.8, 4) is 11.5 Å². The molecule has 8 heteroatoms. The minimum atomic E-state index is -0.846. The maximum Gasteiger partial charge on any atom is 0.491 e. The summed E-state index contributed by atoms with van der Waals surface area (Å²) in [4.78, 5) is 8.65. The van der Waals surface area contributed by atoms with Crippen molar-refractivity contribution < 1.29 is 19.2 Å². The van der Waals surface area contributed by atoms with Crippen LogP contribution in [0.1, 0.15) is 11.1 Å². The normalized spacial score (nSPS) is 13.0. The standard InChI is InChI=1S/C18H18BN3O4/c1-24-16-6-13-15(7-17(16)25-2)21-10-22-18(13)20-8-11-3-4-12-9-26-19(23)14(12)5-11/h3-7,10,23H,8-9H2,1-2H3,(H,20,21,22). The molecule has 0 bridgehead atoms. The summed E-state index contributed by atoms with van der Waals surface area (Å²) in [7, 11) is 2.34. The Kier molecular flexibility index (Phi) is 4.36. The van der Waals surface area contributed by atoms with Gasteiger partial charge in [0.2, 0.25) is 0 Å². The topological polar surface area (TPSA) is 85.7 Å². The highest BCUT2D eigenvalue weighted by molar-refractivity contribution is 6.61. The Hall–Kier alpha value is -2.84. The Balaban J connectivity index is 1.62. The Morgan fingerprint density at radius 2 is 1.96 bits per heavy atom. The molecule has 0 fully saturated rings. The van der Waals surface area contributed by atoms with Gasteiger partial charge in [-0.05, 0) is 22.7 Å². The minimum Gasteiger partial charge on any atom is -0.493 e. The van der Waals surface area contributed by atoms with Crippen molar-refractivity contribution in [3.63, 3.8) is 0 Å². The molecule has 1 aliphatic rings. The van der Waals surface area contributed by atoms with E-state index >= 15 is 0 Å². The van der Waals surface area contributed by atoms with Crippen molar-refractivity contribution >= 4 is 29.3 Å². The number of ether oxygens (including phenoxy) is 2. The van der Waals surface area contributed by atoms with Crippen molar-refractivity contribution in [1.82, 2.24) is 9.97 Å². The number of anilines is 1. The maximum absolute atomic E-state index is 9.85. The number of rotatable bonds is 5. The van der Waals surface area contributed by atoms with Crippen molar-refractivity contribution in [2.75, 3.05) is 19.5 Å². The molecule has 2 heterocycles. The molecular weight excluding hydrogens is 333 g/mol. The summed E-state index contributed by atoms with van der Waals surface area (Å²) < 4.78 is 15.9. The summed E-state index contributed by atoms with van der Waals surface area (Å²) in [5.41, 5.74) is 3.63. The summed E-state index contributed by atoms with van der Waals surface area (Å²) in [6, 6.07) is 9.63. The predicted molar refractivity (Wildman–Crippen MR) is 98.8 cm³/mol. The predicted octanol–water partition coefficient (Wildman–Crippen LogP) is 1.48. The van der Waals surface area contributed by atoms with Gasteiger partial charge in [-0.2, -0.15) is 0 Å². The molecule has 0 aliphatic carbocycles. The first-order chi connectivity index (χ1) is 12.7. The fourth-order valence-corrected chi connectivity index (χ4v) is 3.08. The molecule has 26 heavy (non-hydrogen) atoms. The van der Waals surface area contributed by atoms with Gasteiger partial charge < -0.3 is 24.5 Å². The fourth-order valence-electron chi connectivity index (χ4n) is 3.08. The van der Waals surface area contributed by atoms with E-state index in [1.807, 2.05) is 30.3 Å². The Labute approximate surface area is 151 Å². The molecule has 0 atom stereocenters. The molecular formula is C18H18BN3O4. The zero-order valence-corrected chi connectivity index (χ0v) is 14.5. The Bertz CT molecular complexity index is 967. The van der Waals surface area contributed by atoms with E-state index in [9.17, 15) is 5.02 Å². The highest BCUT2D eigenvalue weighted by Gasteiger charge is 2.27. The van der Waals surface area contributed by atoms with Gasteiger partial charge in [-0.25, -0.2) is 9.97 Å². The molecule has 7 nitrogen and oxygen atoms in total. The lowest BCUT2D eigenvalue weighted by atomic mass is 9.79. The van der Waals surface area contributed by atoms with Crippen LogP contribution in [-0.2, 0) is 17.8 Å². The van der Waals surface area contributed by atoms with Crippen LogP contribution in [0.15, 0.2) is 36.7 Å². The van der Waals surface area contributed by atoms with Crippen LogP contribution in [0.25, 0.3) is 10.9 Å². The average molecular weight is 351 g/mol. The van der Waals surface area contributed by atoms with Crippen LogP contribution in [-0.4, -0.2) is 36.3 Å². The molecule has 1 aliphatic heterocycles. The summed E-state index contributed by atoms with van der Waals surface area (Å²) >= 11 is 0. The van der Waals surface area contributed by atoms with E-state index in [2.05, 4.69) is 15.3 Å². The summed E-state index contributed by atoms with van der Waals surface area (Å²) in [6.45, 7) is 1.00. The first-order valence-electron chi connectivity index (χ1n) is 8.21. The molecule has 0 radical (unpaired) electrons. The third-order valence-corrected chi connectivity index (χ3v) is 4.47. The van der Waals surface area contributed by atoms with Crippen LogP contribution in [0, 0.1) is 0 Å². The highest BCUT2D eigenvalue weighted by atomic mass is 16.5. The van der Waals surface area contributed by atoms with Crippen LogP contribution in [0.3, 0.4) is 0 Å².